The molecular weight excluding hydrogens is 254 g/mol. The Morgan fingerprint density at radius 2 is 1.80 bits per heavy atom. The van der Waals surface area contributed by atoms with E-state index in [0.29, 0.717) is 11.8 Å². The summed E-state index contributed by atoms with van der Waals surface area (Å²) in [6.07, 6.45) is 14.1. The molecule has 1 saturated carbocycles. The molecule has 1 aromatic carbocycles. The van der Waals surface area contributed by atoms with Crippen molar-refractivity contribution in [2.75, 3.05) is 0 Å². The van der Waals surface area contributed by atoms with Crippen molar-refractivity contribution in [2.24, 2.45) is 5.92 Å². The first-order chi connectivity index (χ1) is 9.70. The number of benzene rings is 1. The van der Waals surface area contributed by atoms with E-state index in [1.165, 1.54) is 12.1 Å². The van der Waals surface area contributed by atoms with Crippen molar-refractivity contribution in [3.05, 3.63) is 59.7 Å². The molecule has 1 aliphatic carbocycles. The summed E-state index contributed by atoms with van der Waals surface area (Å²) in [5, 5.41) is 0. The maximum Gasteiger partial charge on any atom is 0.159 e. The van der Waals surface area contributed by atoms with Crippen LogP contribution in [0.4, 0.5) is 8.78 Å². The van der Waals surface area contributed by atoms with Crippen molar-refractivity contribution < 1.29 is 8.78 Å². The van der Waals surface area contributed by atoms with Crippen molar-refractivity contribution in [1.82, 2.24) is 0 Å². The molecule has 2 rings (SSSR count). The molecular formula is C18H22F2. The van der Waals surface area contributed by atoms with Crippen molar-refractivity contribution in [1.29, 1.82) is 0 Å². The molecule has 0 atom stereocenters. The highest BCUT2D eigenvalue weighted by molar-refractivity contribution is 5.22. The third-order valence-corrected chi connectivity index (χ3v) is 4.05. The molecule has 0 amide bonds. The third-order valence-electron chi connectivity index (χ3n) is 4.05. The lowest BCUT2D eigenvalue weighted by atomic mass is 9.78. The maximum absolute atomic E-state index is 13.3. The van der Waals surface area contributed by atoms with Gasteiger partial charge >= 0.3 is 0 Å². The van der Waals surface area contributed by atoms with Gasteiger partial charge in [-0.3, -0.25) is 0 Å². The lowest BCUT2D eigenvalue weighted by Crippen LogP contribution is -2.12. The summed E-state index contributed by atoms with van der Waals surface area (Å²) in [6, 6.07) is 4.33. The predicted molar refractivity (Wildman–Crippen MR) is 79.6 cm³/mol. The first-order valence-corrected chi connectivity index (χ1v) is 7.49. The molecule has 0 aliphatic heterocycles. The zero-order valence-corrected chi connectivity index (χ0v) is 12.0. The van der Waals surface area contributed by atoms with E-state index < -0.39 is 11.6 Å². The van der Waals surface area contributed by atoms with E-state index in [9.17, 15) is 8.78 Å². The monoisotopic (exact) mass is 276 g/mol. The Labute approximate surface area is 120 Å². The third kappa shape index (κ3) is 4.03. The fourth-order valence-electron chi connectivity index (χ4n) is 2.85. The first kappa shape index (κ1) is 15.0. The van der Waals surface area contributed by atoms with E-state index in [1.54, 1.807) is 6.07 Å². The Kier molecular flexibility index (Phi) is 5.51. The number of halogens is 2. The van der Waals surface area contributed by atoms with Crippen LogP contribution in [-0.4, -0.2) is 0 Å². The highest BCUT2D eigenvalue weighted by Gasteiger charge is 2.21. The second-order valence-corrected chi connectivity index (χ2v) is 5.51. The van der Waals surface area contributed by atoms with Crippen LogP contribution >= 0.6 is 0 Å². The average Bonchev–Trinajstić information content (AvgIpc) is 2.47. The Hall–Kier alpha value is -1.44. The van der Waals surface area contributed by atoms with Crippen LogP contribution < -0.4 is 0 Å². The van der Waals surface area contributed by atoms with Gasteiger partial charge < -0.3 is 0 Å². The lowest BCUT2D eigenvalue weighted by Gasteiger charge is -2.27. The van der Waals surface area contributed by atoms with E-state index in [0.717, 1.165) is 37.7 Å². The van der Waals surface area contributed by atoms with E-state index in [4.69, 9.17) is 0 Å². The van der Waals surface area contributed by atoms with Crippen LogP contribution in [0, 0.1) is 17.6 Å². The van der Waals surface area contributed by atoms with Gasteiger partial charge in [0, 0.05) is 0 Å². The van der Waals surface area contributed by atoms with Crippen LogP contribution in [0.3, 0.4) is 0 Å². The van der Waals surface area contributed by atoms with Crippen LogP contribution in [0.5, 0.6) is 0 Å². The topological polar surface area (TPSA) is 0 Å². The van der Waals surface area contributed by atoms with Gasteiger partial charge in [-0.2, -0.15) is 0 Å². The van der Waals surface area contributed by atoms with Crippen molar-refractivity contribution >= 4 is 0 Å². The largest absolute Gasteiger partial charge is 0.204 e. The van der Waals surface area contributed by atoms with Gasteiger partial charge in [0.05, 0.1) is 0 Å². The van der Waals surface area contributed by atoms with Gasteiger partial charge in [-0.25, -0.2) is 8.78 Å². The van der Waals surface area contributed by atoms with Gasteiger partial charge in [0.15, 0.2) is 11.6 Å². The van der Waals surface area contributed by atoms with Crippen LogP contribution in [0.25, 0.3) is 0 Å². The molecule has 1 aliphatic rings. The van der Waals surface area contributed by atoms with E-state index in [1.807, 2.05) is 0 Å². The quantitative estimate of drug-likeness (QED) is 0.613. The number of allylic oxidation sites excluding steroid dienone is 4. The van der Waals surface area contributed by atoms with Gasteiger partial charge in [-0.1, -0.05) is 37.3 Å². The zero-order valence-electron chi connectivity index (χ0n) is 12.0. The molecule has 2 heteroatoms. The van der Waals surface area contributed by atoms with Gasteiger partial charge in [0.1, 0.15) is 0 Å². The number of hydrogen-bond donors (Lipinski definition) is 0. The van der Waals surface area contributed by atoms with Gasteiger partial charge in [-0.15, -0.1) is 0 Å². The standard InChI is InChI=1S/C18H22F2/c1-2-3-4-5-6-14-7-9-15(10-8-14)16-11-12-17(19)18(20)13-16/h3-6,11-15H,2,7-10H2,1H3/b4-3+,6-5+. The highest BCUT2D eigenvalue weighted by Crippen LogP contribution is 2.36. The molecule has 0 saturated heterocycles. The maximum atomic E-state index is 13.3. The first-order valence-electron chi connectivity index (χ1n) is 7.49. The molecule has 0 aromatic heterocycles. The molecule has 20 heavy (non-hydrogen) atoms. The fraction of sp³-hybridized carbons (Fsp3) is 0.444. The van der Waals surface area contributed by atoms with Crippen LogP contribution in [0.1, 0.15) is 50.5 Å². The SMILES string of the molecule is CC/C=C/C=C/C1CCC(c2ccc(F)c(F)c2)CC1. The Morgan fingerprint density at radius 3 is 2.45 bits per heavy atom. The molecule has 0 heterocycles. The van der Waals surface area contributed by atoms with Crippen LogP contribution in [-0.2, 0) is 0 Å². The van der Waals surface area contributed by atoms with Crippen LogP contribution in [0.2, 0.25) is 0 Å². The van der Waals surface area contributed by atoms with Crippen molar-refractivity contribution in [2.45, 2.75) is 44.9 Å². The lowest BCUT2D eigenvalue weighted by molar-refractivity contribution is 0.374. The minimum absolute atomic E-state index is 0.376. The molecule has 1 aromatic rings. The molecule has 0 unspecified atom stereocenters. The molecule has 0 spiro atoms. The van der Waals surface area contributed by atoms with Gasteiger partial charge in [0.25, 0.3) is 0 Å². The fourth-order valence-corrected chi connectivity index (χ4v) is 2.85. The van der Waals surface area contributed by atoms with Crippen molar-refractivity contribution in [3.63, 3.8) is 0 Å². The molecule has 108 valence electrons. The summed E-state index contributed by atoms with van der Waals surface area (Å²) >= 11 is 0. The Morgan fingerprint density at radius 1 is 1.05 bits per heavy atom. The highest BCUT2D eigenvalue weighted by atomic mass is 19.2. The normalized spacial score (nSPS) is 23.8. The number of rotatable bonds is 4. The Bertz CT molecular complexity index is 480. The molecule has 0 bridgehead atoms. The minimum Gasteiger partial charge on any atom is -0.204 e. The summed E-state index contributed by atoms with van der Waals surface area (Å²) < 4.78 is 26.2. The zero-order chi connectivity index (χ0) is 14.4. The minimum atomic E-state index is -0.756. The summed E-state index contributed by atoms with van der Waals surface area (Å²) in [7, 11) is 0. The van der Waals surface area contributed by atoms with Gasteiger partial charge in [0.2, 0.25) is 0 Å². The predicted octanol–water partition coefficient (Wildman–Crippen LogP) is 5.76. The summed E-state index contributed by atoms with van der Waals surface area (Å²) in [5.41, 5.74) is 0.942. The molecule has 1 fully saturated rings. The second kappa shape index (κ2) is 7.37. The van der Waals surface area contributed by atoms with E-state index in [-0.39, 0.29) is 0 Å². The molecule has 0 N–H and O–H groups in total. The van der Waals surface area contributed by atoms with Gasteiger partial charge in [-0.05, 0) is 61.6 Å². The number of hydrogen-bond acceptors (Lipinski definition) is 0. The summed E-state index contributed by atoms with van der Waals surface area (Å²) in [5.74, 6) is -0.485. The second-order valence-electron chi connectivity index (χ2n) is 5.51. The summed E-state index contributed by atoms with van der Waals surface area (Å²) in [4.78, 5) is 0. The Balaban J connectivity index is 1.89. The van der Waals surface area contributed by atoms with E-state index in [2.05, 4.69) is 31.2 Å². The molecule has 0 radical (unpaired) electrons. The van der Waals surface area contributed by atoms with Crippen LogP contribution in [0.15, 0.2) is 42.5 Å². The smallest absolute Gasteiger partial charge is 0.159 e. The van der Waals surface area contributed by atoms with Crippen molar-refractivity contribution in [3.8, 4) is 0 Å². The molecule has 0 nitrogen and oxygen atoms in total. The average molecular weight is 276 g/mol. The van der Waals surface area contributed by atoms with E-state index >= 15 is 0 Å². The summed E-state index contributed by atoms with van der Waals surface area (Å²) in [6.45, 7) is 2.12.